The number of hydrogen-bond acceptors (Lipinski definition) is 19. The van der Waals surface area contributed by atoms with Gasteiger partial charge in [0.25, 0.3) is 0 Å². The molecule has 85 heavy (non-hydrogen) atoms. The normalized spacial score (nSPS) is 26.0. The summed E-state index contributed by atoms with van der Waals surface area (Å²) in [6.07, 6.45) is 18.9. The van der Waals surface area contributed by atoms with E-state index in [-0.39, 0.29) is 70.1 Å². The fourth-order valence-electron chi connectivity index (χ4n) is 12.5. The molecule has 1 atom stereocenters. The summed E-state index contributed by atoms with van der Waals surface area (Å²) in [5.41, 5.74) is 0.117. The first-order valence-electron chi connectivity index (χ1n) is 30.7. The van der Waals surface area contributed by atoms with E-state index in [0.717, 1.165) is 138 Å². The van der Waals surface area contributed by atoms with Crippen LogP contribution < -0.4 is 9.47 Å². The number of esters is 6. The molecule has 17 nitrogen and oxygen atoms in total. The number of ketones is 1. The third kappa shape index (κ3) is 16.6. The van der Waals surface area contributed by atoms with Crippen LogP contribution in [0.5, 0.6) is 11.5 Å². The van der Waals surface area contributed by atoms with Gasteiger partial charge in [0.2, 0.25) is 0 Å². The third-order valence-corrected chi connectivity index (χ3v) is 22.8. The first-order valence-corrected chi connectivity index (χ1v) is 34.0. The summed E-state index contributed by atoms with van der Waals surface area (Å²) in [6.45, 7) is 8.88. The molecule has 0 radical (unpaired) electrons. The van der Waals surface area contributed by atoms with Crippen molar-refractivity contribution >= 4 is 85.7 Å². The molecule has 3 aromatic carbocycles. The molecule has 0 amide bonds. The molecule has 0 aromatic heterocycles. The molecule has 2 aliphatic heterocycles. The van der Waals surface area contributed by atoms with E-state index in [2.05, 4.69) is 13.2 Å². The van der Waals surface area contributed by atoms with Gasteiger partial charge in [0.15, 0.2) is 32.4 Å². The zero-order valence-corrected chi connectivity index (χ0v) is 50.9. The largest absolute Gasteiger partial charge is 0.463 e. The van der Waals surface area contributed by atoms with Crippen molar-refractivity contribution in [1.82, 2.24) is 0 Å². The van der Waals surface area contributed by atoms with Gasteiger partial charge >= 0.3 is 35.8 Å². The Balaban J connectivity index is 0.778. The number of fused-ring (bicyclic) bond motifs is 3. The van der Waals surface area contributed by atoms with Crippen LogP contribution in [-0.2, 0) is 67.0 Å². The van der Waals surface area contributed by atoms with Crippen LogP contribution in [0.4, 0.5) is 0 Å². The van der Waals surface area contributed by atoms with Crippen LogP contribution in [0.15, 0.2) is 88.5 Å². The second-order valence-electron chi connectivity index (χ2n) is 23.2. The van der Waals surface area contributed by atoms with Gasteiger partial charge in [0.1, 0.15) is 12.2 Å². The Hall–Kier alpha value is -5.54. The average molecular weight is 1230 g/mol. The standard InChI is InChI=1S/C65H80O17S3/c1-3-53(66)77-39-15-7-5-13-37-75-45-29-33-47(34-30-45)79-61(69)41-21-25-43(26-22-41)63(71)81-56-49-17-9-10-18-50(49)57(59-58(56)83-65(84-59)60-55(68)51-19-11-12-20-52(51)85(60,73)74)82-64(72)44-27-23-42(24-28-44)62(70)80-48-35-31-46(32-36-48)76-38-14-6-8-16-40-78-54(67)4-2/h3-4,9-12,17-20,41-48,60,65H,1-2,5-8,13-16,21-40H2. The molecule has 0 N–H and O–H groups in total. The van der Waals surface area contributed by atoms with Crippen molar-refractivity contribution in [2.24, 2.45) is 23.7 Å². The Morgan fingerprint density at radius 3 is 1.24 bits per heavy atom. The van der Waals surface area contributed by atoms with Gasteiger partial charge in [-0.15, -0.1) is 23.5 Å². The Bertz CT molecular complexity index is 2850. The Morgan fingerprint density at radius 2 is 0.835 bits per heavy atom. The van der Waals surface area contributed by atoms with Crippen molar-refractivity contribution in [1.29, 1.82) is 0 Å². The van der Waals surface area contributed by atoms with E-state index in [9.17, 15) is 42.0 Å². The Labute approximate surface area is 507 Å². The number of Topliss-reactive ketones (excluding diaryl/α,β-unsaturated/α-hetero) is 1. The highest BCUT2D eigenvalue weighted by Gasteiger charge is 2.52. The smallest absolute Gasteiger partial charge is 0.330 e. The molecule has 6 aliphatic rings. The van der Waals surface area contributed by atoms with Crippen molar-refractivity contribution in [3.8, 4) is 11.5 Å². The number of unbranched alkanes of at least 4 members (excludes halogenated alkanes) is 6. The molecule has 2 heterocycles. The second kappa shape index (κ2) is 30.9. The van der Waals surface area contributed by atoms with Gasteiger partial charge in [-0.1, -0.05) is 68.5 Å². The van der Waals surface area contributed by atoms with E-state index < -0.39 is 61.2 Å². The molecular formula is C65H80O17S3. The monoisotopic (exact) mass is 1230 g/mol. The van der Waals surface area contributed by atoms with Gasteiger partial charge in [-0.05, 0) is 147 Å². The second-order valence-corrected chi connectivity index (χ2v) is 27.9. The summed E-state index contributed by atoms with van der Waals surface area (Å²) >= 11 is 2.22. The predicted octanol–water partition coefficient (Wildman–Crippen LogP) is 12.1. The van der Waals surface area contributed by atoms with E-state index in [0.29, 0.717) is 98.4 Å². The number of rotatable bonds is 27. The molecule has 4 aliphatic carbocycles. The van der Waals surface area contributed by atoms with E-state index in [4.69, 9.17) is 37.9 Å². The SMILES string of the molecule is C=CC(=O)OCCCCCCOC1CCC(OC(=O)C2CCC(C(=O)Oc3c4c(c(OC(=O)C5CCC(C(=O)OC6CCC(OCCCCCCOC(=O)C=C)CC6)CC5)c5ccccc35)SC(C3C(=O)c5ccccc5S3(=O)=O)S4)CC2)CC1. The molecule has 9 rings (SSSR count). The zero-order valence-electron chi connectivity index (χ0n) is 48.4. The number of benzene rings is 3. The third-order valence-electron chi connectivity index (χ3n) is 17.4. The van der Waals surface area contributed by atoms with E-state index >= 15 is 0 Å². The predicted molar refractivity (Wildman–Crippen MR) is 319 cm³/mol. The van der Waals surface area contributed by atoms with Crippen LogP contribution in [0.1, 0.15) is 164 Å². The van der Waals surface area contributed by atoms with Crippen LogP contribution in [0.2, 0.25) is 0 Å². The lowest BCUT2D eigenvalue weighted by molar-refractivity contribution is -0.160. The lowest BCUT2D eigenvalue weighted by Gasteiger charge is -2.31. The summed E-state index contributed by atoms with van der Waals surface area (Å²) in [6, 6.07) is 13.2. The highest BCUT2D eigenvalue weighted by Crippen LogP contribution is 2.62. The summed E-state index contributed by atoms with van der Waals surface area (Å²) in [5, 5.41) is -0.528. The van der Waals surface area contributed by atoms with Gasteiger partial charge in [0, 0.05) is 41.7 Å². The quantitative estimate of drug-likeness (QED) is 0.0227. The van der Waals surface area contributed by atoms with Crippen LogP contribution in [0.25, 0.3) is 10.8 Å². The molecular weight excluding hydrogens is 1150 g/mol. The molecule has 0 saturated heterocycles. The minimum atomic E-state index is -4.14. The summed E-state index contributed by atoms with van der Waals surface area (Å²) in [4.78, 5) is 92.9. The highest BCUT2D eigenvalue weighted by atomic mass is 32.2. The first-order chi connectivity index (χ1) is 41.2. The minimum Gasteiger partial charge on any atom is -0.463 e. The Morgan fingerprint density at radius 1 is 0.471 bits per heavy atom. The van der Waals surface area contributed by atoms with Gasteiger partial charge in [-0.3, -0.25) is 24.0 Å². The fourth-order valence-corrected chi connectivity index (χ4v) is 18.3. The summed E-state index contributed by atoms with van der Waals surface area (Å²) in [7, 11) is -4.14. The summed E-state index contributed by atoms with van der Waals surface area (Å²) < 4.78 is 74.6. The fraction of sp³-hybridized carbons (Fsp3) is 0.585. The average Bonchev–Trinajstić information content (AvgIpc) is 1.71. The molecule has 20 heteroatoms. The van der Waals surface area contributed by atoms with Gasteiger partial charge < -0.3 is 37.9 Å². The minimum absolute atomic E-state index is 0.0380. The van der Waals surface area contributed by atoms with Gasteiger partial charge in [-0.25, -0.2) is 18.0 Å². The van der Waals surface area contributed by atoms with Crippen LogP contribution in [0, 0.1) is 23.7 Å². The lowest BCUT2D eigenvalue weighted by atomic mass is 9.82. The number of thioether (sulfide) groups is 2. The number of sulfone groups is 1. The first kappa shape index (κ1) is 63.9. The molecule has 4 fully saturated rings. The van der Waals surface area contributed by atoms with Crippen LogP contribution in [-0.4, -0.2) is 111 Å². The van der Waals surface area contributed by atoms with Crippen molar-refractivity contribution in [3.63, 3.8) is 0 Å². The Kier molecular flexibility index (Phi) is 23.2. The molecule has 3 aromatic rings. The van der Waals surface area contributed by atoms with Crippen molar-refractivity contribution in [2.45, 2.75) is 203 Å². The maximum Gasteiger partial charge on any atom is 0.330 e. The van der Waals surface area contributed by atoms with Crippen molar-refractivity contribution < 1.29 is 79.9 Å². The molecule has 460 valence electrons. The van der Waals surface area contributed by atoms with E-state index in [1.807, 2.05) is 0 Å². The molecule has 0 bridgehead atoms. The summed E-state index contributed by atoms with van der Waals surface area (Å²) in [5.74, 6) is -4.26. The molecule has 4 saturated carbocycles. The molecule has 0 spiro atoms. The van der Waals surface area contributed by atoms with Crippen molar-refractivity contribution in [3.05, 3.63) is 79.4 Å². The van der Waals surface area contributed by atoms with Crippen LogP contribution >= 0.6 is 23.5 Å². The van der Waals surface area contributed by atoms with Crippen LogP contribution in [0.3, 0.4) is 0 Å². The topological polar surface area (TPSA) is 227 Å². The zero-order chi connectivity index (χ0) is 59.9. The number of carbonyl (C=O) groups is 7. The van der Waals surface area contributed by atoms with E-state index in [1.54, 1.807) is 36.4 Å². The highest BCUT2D eigenvalue weighted by molar-refractivity contribution is 8.20. The maximum atomic E-state index is 14.4. The maximum absolute atomic E-state index is 14.4. The number of hydrogen-bond donors (Lipinski definition) is 0. The lowest BCUT2D eigenvalue weighted by Crippen LogP contribution is -2.33. The molecule has 1 unspecified atom stereocenters. The van der Waals surface area contributed by atoms with Crippen molar-refractivity contribution in [2.75, 3.05) is 26.4 Å². The van der Waals surface area contributed by atoms with Gasteiger partial charge in [0.05, 0.1) is 68.4 Å². The van der Waals surface area contributed by atoms with E-state index in [1.165, 1.54) is 12.1 Å². The van der Waals surface area contributed by atoms with Gasteiger partial charge in [-0.2, -0.15) is 0 Å². The number of carbonyl (C=O) groups excluding carboxylic acids is 7. The number of ether oxygens (including phenoxy) is 8.